The second-order valence-corrected chi connectivity index (χ2v) is 1.71. The summed E-state index contributed by atoms with van der Waals surface area (Å²) in [5.74, 6) is 0. The molecule has 0 saturated heterocycles. The first-order valence-corrected chi connectivity index (χ1v) is 2.72. The Labute approximate surface area is 48.0 Å². The largest absolute Gasteiger partial charge is 0.396 e. The lowest BCUT2D eigenvalue weighted by Crippen LogP contribution is -1.96. The molecular weight excluding hydrogens is 106 g/mol. The highest BCUT2D eigenvalue weighted by Crippen LogP contribution is 2.01. The van der Waals surface area contributed by atoms with Crippen LogP contribution in [0.4, 0.5) is 0 Å². The van der Waals surface area contributed by atoms with E-state index in [4.69, 9.17) is 5.11 Å². The van der Waals surface area contributed by atoms with E-state index < -0.39 is 0 Å². The van der Waals surface area contributed by atoms with Crippen LogP contribution in [0.25, 0.3) is 0 Å². The van der Waals surface area contributed by atoms with Crippen molar-refractivity contribution in [2.24, 2.45) is 5.16 Å². The third-order valence-corrected chi connectivity index (χ3v) is 1.08. The predicted octanol–water partition coefficient (Wildman–Crippen LogP) is 0.145. The van der Waals surface area contributed by atoms with Gasteiger partial charge in [-0.2, -0.15) is 0 Å². The first-order valence-electron chi connectivity index (χ1n) is 2.72. The van der Waals surface area contributed by atoms with Crippen LogP contribution in [0.1, 0.15) is 12.8 Å². The standard InChI is InChI=1S/C5H9NO2/c7-3-1-5-2-4-8-6-5/h7H,1-4H2. The molecule has 0 fully saturated rings. The van der Waals surface area contributed by atoms with E-state index in [9.17, 15) is 0 Å². The second-order valence-electron chi connectivity index (χ2n) is 1.71. The monoisotopic (exact) mass is 115 g/mol. The van der Waals surface area contributed by atoms with Gasteiger partial charge in [0.15, 0.2) is 0 Å². The van der Waals surface area contributed by atoms with E-state index in [-0.39, 0.29) is 6.61 Å². The second kappa shape index (κ2) is 2.67. The van der Waals surface area contributed by atoms with E-state index in [0.29, 0.717) is 13.0 Å². The third-order valence-electron chi connectivity index (χ3n) is 1.08. The van der Waals surface area contributed by atoms with E-state index >= 15 is 0 Å². The molecule has 0 atom stereocenters. The van der Waals surface area contributed by atoms with Crippen LogP contribution in [0.15, 0.2) is 5.16 Å². The van der Waals surface area contributed by atoms with Gasteiger partial charge in [-0.1, -0.05) is 5.16 Å². The number of hydrogen-bond acceptors (Lipinski definition) is 3. The van der Waals surface area contributed by atoms with Gasteiger partial charge < -0.3 is 9.94 Å². The van der Waals surface area contributed by atoms with Crippen molar-refractivity contribution in [3.63, 3.8) is 0 Å². The molecule has 0 spiro atoms. The highest BCUT2D eigenvalue weighted by Gasteiger charge is 2.05. The Kier molecular flexibility index (Phi) is 1.86. The molecular formula is C5H9NO2. The Balaban J connectivity index is 2.23. The van der Waals surface area contributed by atoms with Crippen molar-refractivity contribution in [3.05, 3.63) is 0 Å². The van der Waals surface area contributed by atoms with Gasteiger partial charge in [0.2, 0.25) is 0 Å². The van der Waals surface area contributed by atoms with Crippen molar-refractivity contribution < 1.29 is 9.94 Å². The zero-order valence-corrected chi connectivity index (χ0v) is 4.63. The molecule has 0 aliphatic carbocycles. The summed E-state index contributed by atoms with van der Waals surface area (Å²) in [6.07, 6.45) is 1.56. The number of aliphatic hydroxyl groups excluding tert-OH is 1. The van der Waals surface area contributed by atoms with E-state index in [1.807, 2.05) is 0 Å². The highest BCUT2D eigenvalue weighted by atomic mass is 16.6. The Hall–Kier alpha value is -0.570. The molecule has 0 radical (unpaired) electrons. The summed E-state index contributed by atoms with van der Waals surface area (Å²) in [7, 11) is 0. The fourth-order valence-corrected chi connectivity index (χ4v) is 0.646. The molecule has 0 saturated carbocycles. The topological polar surface area (TPSA) is 41.8 Å². The van der Waals surface area contributed by atoms with Gasteiger partial charge in [0, 0.05) is 19.4 Å². The molecule has 8 heavy (non-hydrogen) atoms. The zero-order chi connectivity index (χ0) is 5.82. The van der Waals surface area contributed by atoms with Crippen molar-refractivity contribution >= 4 is 5.71 Å². The molecule has 1 aliphatic rings. The van der Waals surface area contributed by atoms with Crippen LogP contribution in [-0.2, 0) is 4.84 Å². The van der Waals surface area contributed by atoms with Crippen molar-refractivity contribution in [1.82, 2.24) is 0 Å². The van der Waals surface area contributed by atoms with Gasteiger partial charge in [-0.05, 0) is 0 Å². The van der Waals surface area contributed by atoms with E-state index in [0.717, 1.165) is 12.1 Å². The van der Waals surface area contributed by atoms with Gasteiger partial charge in [-0.25, -0.2) is 0 Å². The fourth-order valence-electron chi connectivity index (χ4n) is 0.646. The zero-order valence-electron chi connectivity index (χ0n) is 4.63. The molecule has 1 N–H and O–H groups in total. The van der Waals surface area contributed by atoms with E-state index in [2.05, 4.69) is 9.99 Å². The summed E-state index contributed by atoms with van der Waals surface area (Å²) in [4.78, 5) is 4.69. The van der Waals surface area contributed by atoms with E-state index in [1.165, 1.54) is 0 Å². The van der Waals surface area contributed by atoms with Gasteiger partial charge in [0.25, 0.3) is 0 Å². The van der Waals surface area contributed by atoms with Crippen LogP contribution >= 0.6 is 0 Å². The Morgan fingerprint density at radius 3 is 3.12 bits per heavy atom. The molecule has 0 bridgehead atoms. The summed E-state index contributed by atoms with van der Waals surface area (Å²) in [6, 6.07) is 0. The average Bonchev–Trinajstić information content (AvgIpc) is 2.19. The van der Waals surface area contributed by atoms with Crippen LogP contribution in [0, 0.1) is 0 Å². The molecule has 0 unspecified atom stereocenters. The maximum absolute atomic E-state index is 8.39. The molecule has 46 valence electrons. The summed E-state index contributed by atoms with van der Waals surface area (Å²) < 4.78 is 0. The Morgan fingerprint density at radius 1 is 1.75 bits per heavy atom. The molecule has 1 heterocycles. The molecule has 0 aromatic rings. The summed E-state index contributed by atoms with van der Waals surface area (Å²) >= 11 is 0. The third kappa shape index (κ3) is 1.20. The van der Waals surface area contributed by atoms with Crippen molar-refractivity contribution in [2.75, 3.05) is 13.2 Å². The molecule has 1 aliphatic heterocycles. The minimum atomic E-state index is 0.183. The SMILES string of the molecule is OCCC1=NOCC1. The normalized spacial score (nSPS) is 17.9. The first-order chi connectivity index (χ1) is 3.93. The lowest BCUT2D eigenvalue weighted by Gasteiger charge is -1.87. The fraction of sp³-hybridized carbons (Fsp3) is 0.800. The van der Waals surface area contributed by atoms with Crippen molar-refractivity contribution in [3.8, 4) is 0 Å². The average molecular weight is 115 g/mol. The molecule has 3 heteroatoms. The maximum atomic E-state index is 8.39. The maximum Gasteiger partial charge on any atom is 0.122 e. The number of nitrogens with zero attached hydrogens (tertiary/aromatic N) is 1. The van der Waals surface area contributed by atoms with Crippen LogP contribution in [0.2, 0.25) is 0 Å². The Bertz CT molecular complexity index is 101. The van der Waals surface area contributed by atoms with Gasteiger partial charge in [-0.3, -0.25) is 0 Å². The van der Waals surface area contributed by atoms with Crippen LogP contribution in [0.3, 0.4) is 0 Å². The summed E-state index contributed by atoms with van der Waals surface area (Å²) in [5, 5.41) is 12.1. The van der Waals surface area contributed by atoms with Gasteiger partial charge >= 0.3 is 0 Å². The Morgan fingerprint density at radius 2 is 2.62 bits per heavy atom. The summed E-state index contributed by atoms with van der Waals surface area (Å²) in [5.41, 5.74) is 0.979. The minimum absolute atomic E-state index is 0.183. The predicted molar refractivity (Wildman–Crippen MR) is 29.7 cm³/mol. The van der Waals surface area contributed by atoms with Gasteiger partial charge in [0.1, 0.15) is 6.61 Å². The number of aliphatic hydroxyl groups is 1. The number of oxime groups is 1. The highest BCUT2D eigenvalue weighted by molar-refractivity contribution is 5.84. The first kappa shape index (κ1) is 5.56. The molecule has 1 rings (SSSR count). The van der Waals surface area contributed by atoms with Crippen LogP contribution in [-0.4, -0.2) is 24.0 Å². The number of rotatable bonds is 2. The summed E-state index contributed by atoms with van der Waals surface area (Å²) in [6.45, 7) is 0.873. The molecule has 3 nitrogen and oxygen atoms in total. The lowest BCUT2D eigenvalue weighted by atomic mass is 10.2. The number of hydrogen-bond donors (Lipinski definition) is 1. The lowest BCUT2D eigenvalue weighted by molar-refractivity contribution is 0.173. The van der Waals surface area contributed by atoms with Crippen LogP contribution < -0.4 is 0 Å². The molecule has 0 aromatic heterocycles. The van der Waals surface area contributed by atoms with E-state index in [1.54, 1.807) is 0 Å². The van der Waals surface area contributed by atoms with Gasteiger partial charge in [-0.15, -0.1) is 0 Å². The quantitative estimate of drug-likeness (QED) is 0.556. The van der Waals surface area contributed by atoms with Crippen molar-refractivity contribution in [2.45, 2.75) is 12.8 Å². The minimum Gasteiger partial charge on any atom is -0.396 e. The van der Waals surface area contributed by atoms with Crippen LogP contribution in [0.5, 0.6) is 0 Å². The molecule has 0 amide bonds. The van der Waals surface area contributed by atoms with Crippen molar-refractivity contribution in [1.29, 1.82) is 0 Å². The molecule has 0 aromatic carbocycles. The smallest absolute Gasteiger partial charge is 0.122 e. The van der Waals surface area contributed by atoms with Gasteiger partial charge in [0.05, 0.1) is 5.71 Å².